The number of nitrogens with zero attached hydrogens (tertiary/aromatic N) is 4. The lowest BCUT2D eigenvalue weighted by Gasteiger charge is -2.25. The largest absolute Gasteiger partial charge is 0.360 e. The zero-order valence-electron chi connectivity index (χ0n) is 21.5. The lowest BCUT2D eigenvalue weighted by atomic mass is 10.0. The first-order chi connectivity index (χ1) is 19.0. The molecule has 3 heterocycles. The normalized spacial score (nSPS) is 16.2. The maximum absolute atomic E-state index is 13.7. The molecule has 1 saturated heterocycles. The molecule has 1 aliphatic heterocycles. The van der Waals surface area contributed by atoms with E-state index in [4.69, 9.17) is 23.2 Å². The van der Waals surface area contributed by atoms with Crippen LogP contribution in [0.1, 0.15) is 54.0 Å². The molecule has 3 aromatic carbocycles. The highest BCUT2D eigenvalue weighted by Crippen LogP contribution is 2.32. The van der Waals surface area contributed by atoms with E-state index in [1.807, 2.05) is 36.1 Å². The average Bonchev–Trinajstić information content (AvgIpc) is 3.59. The fourth-order valence-electron chi connectivity index (χ4n) is 5.37. The number of aromatic amines is 1. The van der Waals surface area contributed by atoms with Crippen molar-refractivity contribution in [1.29, 1.82) is 0 Å². The second-order valence-electron chi connectivity index (χ2n) is 10.0. The van der Waals surface area contributed by atoms with Crippen molar-refractivity contribution in [3.63, 3.8) is 0 Å². The highest BCUT2D eigenvalue weighted by Gasteiger charge is 2.30. The molecular formula is C30H28Cl2N6O. The van der Waals surface area contributed by atoms with Gasteiger partial charge in [-0.1, -0.05) is 53.5 Å². The molecular weight excluding hydrogens is 531 g/mol. The molecule has 9 heteroatoms. The third kappa shape index (κ3) is 5.29. The van der Waals surface area contributed by atoms with Crippen LogP contribution in [0.2, 0.25) is 10.0 Å². The maximum atomic E-state index is 13.7. The Bertz CT molecular complexity index is 1650. The molecule has 2 atom stereocenters. The average molecular weight is 560 g/mol. The molecule has 0 spiro atoms. The van der Waals surface area contributed by atoms with Crippen LogP contribution in [0.4, 0.5) is 5.82 Å². The molecule has 0 radical (unpaired) electrons. The number of aryl methyl sites for hydroxylation is 1. The number of hydrogen-bond donors (Lipinski definition) is 2. The summed E-state index contributed by atoms with van der Waals surface area (Å²) in [7, 11) is 0. The quantitative estimate of drug-likeness (QED) is 0.220. The van der Waals surface area contributed by atoms with Crippen molar-refractivity contribution in [2.24, 2.45) is 0 Å². The van der Waals surface area contributed by atoms with Gasteiger partial charge in [0.25, 0.3) is 5.91 Å². The third-order valence-electron chi connectivity index (χ3n) is 7.43. The lowest BCUT2D eigenvalue weighted by molar-refractivity contribution is 0.0731. The summed E-state index contributed by atoms with van der Waals surface area (Å²) in [4.78, 5) is 32.5. The van der Waals surface area contributed by atoms with Crippen LogP contribution in [0.25, 0.3) is 21.9 Å². The minimum absolute atomic E-state index is 0.0418. The number of nitrogens with one attached hydrogen (secondary N) is 2. The summed E-state index contributed by atoms with van der Waals surface area (Å²) in [5, 5.41) is 5.19. The predicted octanol–water partition coefficient (Wildman–Crippen LogP) is 7.22. The van der Waals surface area contributed by atoms with Gasteiger partial charge in [0.2, 0.25) is 0 Å². The molecule has 0 saturated carbocycles. The lowest BCUT2D eigenvalue weighted by Crippen LogP contribution is -2.36. The van der Waals surface area contributed by atoms with Crippen molar-refractivity contribution in [1.82, 2.24) is 24.8 Å². The van der Waals surface area contributed by atoms with Crippen molar-refractivity contribution < 1.29 is 4.79 Å². The van der Waals surface area contributed by atoms with Gasteiger partial charge in [0.1, 0.15) is 18.0 Å². The van der Waals surface area contributed by atoms with Gasteiger partial charge in [-0.05, 0) is 68.5 Å². The Labute approximate surface area is 236 Å². The van der Waals surface area contributed by atoms with Crippen LogP contribution in [-0.4, -0.2) is 43.3 Å². The number of halogens is 2. The van der Waals surface area contributed by atoms with E-state index in [1.54, 1.807) is 12.1 Å². The van der Waals surface area contributed by atoms with Crippen molar-refractivity contribution in [2.45, 2.75) is 44.7 Å². The minimum atomic E-state index is -0.177. The Kier molecular flexibility index (Phi) is 7.11. The van der Waals surface area contributed by atoms with Crippen LogP contribution < -0.4 is 5.32 Å². The van der Waals surface area contributed by atoms with Gasteiger partial charge in [-0.2, -0.15) is 0 Å². The number of carbonyl (C=O) groups excluding carboxylic acids is 1. The third-order valence-corrected chi connectivity index (χ3v) is 7.98. The van der Waals surface area contributed by atoms with Gasteiger partial charge in [-0.3, -0.25) is 4.79 Å². The number of carbonyl (C=O) groups is 1. The molecule has 2 aromatic heterocycles. The Morgan fingerprint density at radius 2 is 1.95 bits per heavy atom. The van der Waals surface area contributed by atoms with E-state index in [9.17, 15) is 4.79 Å². The number of fused-ring (bicyclic) bond motifs is 2. The van der Waals surface area contributed by atoms with E-state index >= 15 is 0 Å². The first-order valence-corrected chi connectivity index (χ1v) is 13.9. The van der Waals surface area contributed by atoms with E-state index in [0.717, 1.165) is 54.5 Å². The van der Waals surface area contributed by atoms with Crippen molar-refractivity contribution in [3.05, 3.63) is 94.0 Å². The Hall–Kier alpha value is -3.68. The van der Waals surface area contributed by atoms with Gasteiger partial charge in [-0.25, -0.2) is 15.0 Å². The smallest absolute Gasteiger partial charge is 0.255 e. The zero-order valence-corrected chi connectivity index (χ0v) is 23.0. The van der Waals surface area contributed by atoms with Crippen molar-refractivity contribution in [3.8, 4) is 0 Å². The summed E-state index contributed by atoms with van der Waals surface area (Å²) < 4.78 is 0. The van der Waals surface area contributed by atoms with Crippen LogP contribution in [0.3, 0.4) is 0 Å². The Morgan fingerprint density at radius 1 is 1.10 bits per heavy atom. The molecule has 39 heavy (non-hydrogen) atoms. The first-order valence-electron chi connectivity index (χ1n) is 13.2. The number of anilines is 1. The van der Waals surface area contributed by atoms with Crippen molar-refractivity contribution in [2.75, 3.05) is 11.9 Å². The number of likely N-dealkylation sites (tertiary alicyclic amines) is 1. The number of rotatable bonds is 7. The number of benzene rings is 3. The van der Waals surface area contributed by atoms with Crippen LogP contribution >= 0.6 is 23.2 Å². The monoisotopic (exact) mass is 558 g/mol. The molecule has 0 aliphatic carbocycles. The molecule has 6 rings (SSSR count). The van der Waals surface area contributed by atoms with Crippen LogP contribution in [0.15, 0.2) is 67.0 Å². The van der Waals surface area contributed by atoms with Crippen LogP contribution in [0.5, 0.6) is 0 Å². The fourth-order valence-corrected chi connectivity index (χ4v) is 5.78. The maximum Gasteiger partial charge on any atom is 0.255 e. The molecule has 0 bridgehead atoms. The molecule has 1 amide bonds. The second-order valence-corrected chi connectivity index (χ2v) is 10.9. The fraction of sp³-hybridized carbons (Fsp3) is 0.267. The summed E-state index contributed by atoms with van der Waals surface area (Å²) >= 11 is 12.8. The first kappa shape index (κ1) is 25.6. The Balaban J connectivity index is 1.22. The highest BCUT2D eigenvalue weighted by molar-refractivity contribution is 6.35. The molecule has 198 valence electrons. The van der Waals surface area contributed by atoms with Gasteiger partial charge in [0, 0.05) is 23.0 Å². The summed E-state index contributed by atoms with van der Waals surface area (Å²) in [6, 6.07) is 19.6. The molecule has 1 fully saturated rings. The van der Waals surface area contributed by atoms with Crippen molar-refractivity contribution >= 4 is 56.9 Å². The SMILES string of the molecule is CC(Nc1ncnc2cc(C(=O)N3CCCC3CCc3ccccc3)c(Cl)cc12)c1nc2cc(Cl)ccc2[nH]1. The van der Waals surface area contributed by atoms with Gasteiger partial charge < -0.3 is 15.2 Å². The van der Waals surface area contributed by atoms with Gasteiger partial charge in [0.15, 0.2) is 0 Å². The van der Waals surface area contributed by atoms with E-state index < -0.39 is 0 Å². The van der Waals surface area contributed by atoms with Crippen LogP contribution in [-0.2, 0) is 6.42 Å². The summed E-state index contributed by atoms with van der Waals surface area (Å²) in [5.74, 6) is 1.33. The molecule has 1 aliphatic rings. The second kappa shape index (κ2) is 10.8. The van der Waals surface area contributed by atoms with E-state index in [0.29, 0.717) is 26.9 Å². The zero-order chi connectivity index (χ0) is 26.9. The summed E-state index contributed by atoms with van der Waals surface area (Å²) in [6.45, 7) is 2.74. The topological polar surface area (TPSA) is 86.8 Å². The number of aromatic nitrogens is 4. The predicted molar refractivity (Wildman–Crippen MR) is 157 cm³/mol. The van der Waals surface area contributed by atoms with Gasteiger partial charge in [0.05, 0.1) is 33.2 Å². The molecule has 7 nitrogen and oxygen atoms in total. The highest BCUT2D eigenvalue weighted by atomic mass is 35.5. The number of amides is 1. The number of H-pyrrole nitrogens is 1. The molecule has 2 unspecified atom stereocenters. The summed E-state index contributed by atoms with van der Waals surface area (Å²) in [5.41, 5.74) is 4.13. The Morgan fingerprint density at radius 3 is 2.79 bits per heavy atom. The summed E-state index contributed by atoms with van der Waals surface area (Å²) in [6.07, 6.45) is 5.38. The van der Waals surface area contributed by atoms with E-state index in [2.05, 4.69) is 49.5 Å². The number of imidazole rings is 1. The molecule has 2 N–H and O–H groups in total. The van der Waals surface area contributed by atoms with E-state index in [-0.39, 0.29) is 18.0 Å². The minimum Gasteiger partial charge on any atom is -0.360 e. The van der Waals surface area contributed by atoms with Gasteiger partial charge in [-0.15, -0.1) is 0 Å². The van der Waals surface area contributed by atoms with Crippen LogP contribution in [0, 0.1) is 0 Å². The van der Waals surface area contributed by atoms with Gasteiger partial charge >= 0.3 is 0 Å². The standard InChI is InChI=1S/C30H28Cl2N6O/c1-18(28-36-25-12-10-20(31)14-27(25)37-28)35-29-23-15-24(32)22(16-26(23)33-17-34-29)30(39)38-13-5-8-21(38)11-9-19-6-3-2-4-7-19/h2-4,6-7,10,12,14-18,21H,5,8-9,11,13H2,1H3,(H,36,37)(H,33,34,35). The molecule has 5 aromatic rings. The number of hydrogen-bond acceptors (Lipinski definition) is 5. The van der Waals surface area contributed by atoms with E-state index in [1.165, 1.54) is 11.9 Å².